The normalized spacial score (nSPS) is 10.1. The monoisotopic (exact) mass is 286 g/mol. The zero-order chi connectivity index (χ0) is 12.1. The van der Waals surface area contributed by atoms with E-state index in [4.69, 9.17) is 10.2 Å². The summed E-state index contributed by atoms with van der Waals surface area (Å²) in [7, 11) is 0. The van der Waals surface area contributed by atoms with Crippen LogP contribution in [-0.2, 0) is 22.4 Å². The van der Waals surface area contributed by atoms with Crippen LogP contribution < -0.4 is 0 Å². The molecule has 1 aromatic rings. The minimum Gasteiger partial charge on any atom is -0.481 e. The van der Waals surface area contributed by atoms with Crippen LogP contribution in [0.5, 0.6) is 0 Å². The highest BCUT2D eigenvalue weighted by Gasteiger charge is 2.09. The van der Waals surface area contributed by atoms with Gasteiger partial charge >= 0.3 is 11.9 Å². The second-order valence-corrected chi connectivity index (χ2v) is 4.29. The Labute approximate surface area is 101 Å². The summed E-state index contributed by atoms with van der Waals surface area (Å²) in [6, 6.07) is 5.25. The third-order valence-electron chi connectivity index (χ3n) is 2.12. The molecule has 4 nitrogen and oxygen atoms in total. The minimum absolute atomic E-state index is 0.00819. The van der Waals surface area contributed by atoms with Gasteiger partial charge in [0.15, 0.2) is 0 Å². The summed E-state index contributed by atoms with van der Waals surface area (Å²) in [5.74, 6) is -1.81. The Morgan fingerprint density at radius 1 is 1.12 bits per heavy atom. The van der Waals surface area contributed by atoms with Crippen molar-refractivity contribution in [2.75, 3.05) is 0 Å². The Morgan fingerprint density at radius 2 is 1.81 bits per heavy atom. The maximum absolute atomic E-state index is 10.6. The van der Waals surface area contributed by atoms with Crippen molar-refractivity contribution in [3.05, 3.63) is 33.8 Å². The maximum Gasteiger partial charge on any atom is 0.307 e. The highest BCUT2D eigenvalue weighted by atomic mass is 79.9. The zero-order valence-corrected chi connectivity index (χ0v) is 10.0. The molecule has 0 aromatic heterocycles. The van der Waals surface area contributed by atoms with E-state index in [2.05, 4.69) is 15.9 Å². The van der Waals surface area contributed by atoms with Crippen molar-refractivity contribution >= 4 is 27.9 Å². The number of rotatable bonds is 5. The molecule has 0 fully saturated rings. The fourth-order valence-electron chi connectivity index (χ4n) is 1.41. The van der Waals surface area contributed by atoms with E-state index in [0.717, 1.165) is 10.0 Å². The van der Waals surface area contributed by atoms with Crippen molar-refractivity contribution in [2.45, 2.75) is 19.3 Å². The average molecular weight is 287 g/mol. The van der Waals surface area contributed by atoms with Gasteiger partial charge in [-0.15, -0.1) is 0 Å². The molecule has 86 valence electrons. The van der Waals surface area contributed by atoms with Crippen molar-refractivity contribution < 1.29 is 19.8 Å². The molecule has 0 atom stereocenters. The van der Waals surface area contributed by atoms with Crippen molar-refractivity contribution in [3.63, 3.8) is 0 Å². The van der Waals surface area contributed by atoms with E-state index in [-0.39, 0.29) is 12.8 Å². The highest BCUT2D eigenvalue weighted by molar-refractivity contribution is 9.10. The molecule has 16 heavy (non-hydrogen) atoms. The van der Waals surface area contributed by atoms with Crippen LogP contribution in [0.15, 0.2) is 22.7 Å². The topological polar surface area (TPSA) is 74.6 Å². The number of carboxylic acids is 2. The van der Waals surface area contributed by atoms with Gasteiger partial charge in [-0.05, 0) is 29.7 Å². The van der Waals surface area contributed by atoms with Crippen LogP contribution in [0.1, 0.15) is 17.5 Å². The number of halogens is 1. The van der Waals surface area contributed by atoms with Crippen LogP contribution in [0.3, 0.4) is 0 Å². The molecule has 0 spiro atoms. The van der Waals surface area contributed by atoms with Gasteiger partial charge in [-0.25, -0.2) is 0 Å². The average Bonchev–Trinajstić information content (AvgIpc) is 2.15. The van der Waals surface area contributed by atoms with Gasteiger partial charge in [0.2, 0.25) is 0 Å². The summed E-state index contributed by atoms with van der Waals surface area (Å²) < 4.78 is 0.794. The molecule has 1 rings (SSSR count). The van der Waals surface area contributed by atoms with Gasteiger partial charge in [-0.3, -0.25) is 9.59 Å². The number of carbonyl (C=O) groups is 2. The number of hydrogen-bond acceptors (Lipinski definition) is 2. The fourth-order valence-corrected chi connectivity index (χ4v) is 1.82. The second-order valence-electron chi connectivity index (χ2n) is 3.38. The lowest BCUT2D eigenvalue weighted by Gasteiger charge is -2.07. The largest absolute Gasteiger partial charge is 0.481 e. The first-order chi connectivity index (χ1) is 7.49. The summed E-state index contributed by atoms with van der Waals surface area (Å²) >= 11 is 3.26. The standard InChI is InChI=1S/C11H11BrO4/c12-9-3-1-7(2-4-10(13)14)8(5-9)6-11(15)16/h1,3,5H,2,4,6H2,(H,13,14)(H,15,16). The summed E-state index contributed by atoms with van der Waals surface area (Å²) in [6.07, 6.45) is 0.272. The first-order valence-electron chi connectivity index (χ1n) is 4.70. The van der Waals surface area contributed by atoms with Crippen LogP contribution in [0.2, 0.25) is 0 Å². The van der Waals surface area contributed by atoms with Crippen molar-refractivity contribution in [3.8, 4) is 0 Å². The van der Waals surface area contributed by atoms with Gasteiger partial charge in [-0.2, -0.15) is 0 Å². The molecule has 0 saturated carbocycles. The maximum atomic E-state index is 10.6. The Balaban J connectivity index is 2.88. The Kier molecular flexibility index (Phi) is 4.49. The molecule has 0 saturated heterocycles. The van der Waals surface area contributed by atoms with Gasteiger partial charge in [-0.1, -0.05) is 22.0 Å². The zero-order valence-electron chi connectivity index (χ0n) is 8.44. The van der Waals surface area contributed by atoms with Crippen LogP contribution in [-0.4, -0.2) is 22.2 Å². The van der Waals surface area contributed by atoms with Crippen LogP contribution in [0.4, 0.5) is 0 Å². The molecule has 0 bridgehead atoms. The van der Waals surface area contributed by atoms with Crippen LogP contribution in [0.25, 0.3) is 0 Å². The van der Waals surface area contributed by atoms with Crippen LogP contribution in [0, 0.1) is 0 Å². The van der Waals surface area contributed by atoms with E-state index in [1.165, 1.54) is 0 Å². The van der Waals surface area contributed by atoms with Gasteiger partial charge in [0.05, 0.1) is 6.42 Å². The van der Waals surface area contributed by atoms with E-state index < -0.39 is 11.9 Å². The highest BCUT2D eigenvalue weighted by Crippen LogP contribution is 2.18. The SMILES string of the molecule is O=C(O)CCc1ccc(Br)cc1CC(=O)O. The molecule has 0 unspecified atom stereocenters. The minimum atomic E-state index is -0.922. The third kappa shape index (κ3) is 4.02. The smallest absolute Gasteiger partial charge is 0.307 e. The summed E-state index contributed by atoms with van der Waals surface area (Å²) in [4.78, 5) is 21.1. The first kappa shape index (κ1) is 12.7. The number of aryl methyl sites for hydroxylation is 1. The third-order valence-corrected chi connectivity index (χ3v) is 2.61. The summed E-state index contributed by atoms with van der Waals surface area (Å²) in [5, 5.41) is 17.3. The number of carboxylic acid groups (broad SMARTS) is 2. The van der Waals surface area contributed by atoms with E-state index >= 15 is 0 Å². The predicted molar refractivity (Wildman–Crippen MR) is 61.4 cm³/mol. The number of hydrogen-bond donors (Lipinski definition) is 2. The van der Waals surface area contributed by atoms with Crippen LogP contribution >= 0.6 is 15.9 Å². The van der Waals surface area contributed by atoms with Crippen molar-refractivity contribution in [1.82, 2.24) is 0 Å². The molecular formula is C11H11BrO4. The molecular weight excluding hydrogens is 276 g/mol. The van der Waals surface area contributed by atoms with E-state index in [9.17, 15) is 9.59 Å². The molecule has 0 aliphatic rings. The molecule has 0 aliphatic carbocycles. The lowest BCUT2D eigenvalue weighted by Crippen LogP contribution is -2.05. The molecule has 0 heterocycles. The van der Waals surface area contributed by atoms with Crippen molar-refractivity contribution in [2.24, 2.45) is 0 Å². The van der Waals surface area contributed by atoms with Gasteiger partial charge in [0.25, 0.3) is 0 Å². The number of aliphatic carboxylic acids is 2. The first-order valence-corrected chi connectivity index (χ1v) is 5.49. The molecule has 1 aromatic carbocycles. The Bertz CT molecular complexity index is 414. The lowest BCUT2D eigenvalue weighted by molar-refractivity contribution is -0.137. The molecule has 5 heteroatoms. The quantitative estimate of drug-likeness (QED) is 0.869. The molecule has 2 N–H and O–H groups in total. The Hall–Kier alpha value is -1.36. The van der Waals surface area contributed by atoms with E-state index in [1.807, 2.05) is 0 Å². The molecule has 0 radical (unpaired) electrons. The summed E-state index contributed by atoms with van der Waals surface area (Å²) in [6.45, 7) is 0. The number of benzene rings is 1. The molecule has 0 amide bonds. The van der Waals surface area contributed by atoms with Gasteiger partial charge < -0.3 is 10.2 Å². The van der Waals surface area contributed by atoms with Gasteiger partial charge in [0.1, 0.15) is 0 Å². The molecule has 0 aliphatic heterocycles. The van der Waals surface area contributed by atoms with Gasteiger partial charge in [0, 0.05) is 10.9 Å². The lowest BCUT2D eigenvalue weighted by atomic mass is 10.0. The van der Waals surface area contributed by atoms with E-state index in [0.29, 0.717) is 12.0 Å². The van der Waals surface area contributed by atoms with Crippen molar-refractivity contribution in [1.29, 1.82) is 0 Å². The van der Waals surface area contributed by atoms with E-state index in [1.54, 1.807) is 18.2 Å². The fraction of sp³-hybridized carbons (Fsp3) is 0.273. The second kappa shape index (κ2) is 5.65. The summed E-state index contributed by atoms with van der Waals surface area (Å²) in [5.41, 5.74) is 1.43. The predicted octanol–water partition coefficient (Wildman–Crippen LogP) is 2.09. The Morgan fingerprint density at radius 3 is 2.38 bits per heavy atom.